The van der Waals surface area contributed by atoms with Crippen molar-refractivity contribution in [2.45, 2.75) is 0 Å². The molecule has 0 heterocycles. The molecule has 0 saturated heterocycles. The first-order valence-electron chi connectivity index (χ1n) is 7.30. The quantitative estimate of drug-likeness (QED) is 0.386. The fourth-order valence-corrected chi connectivity index (χ4v) is 1.52. The molecule has 0 bridgehead atoms. The largest absolute Gasteiger partial charge is 2.00 e. The molecular formula is C21H23BiO5. The standard InChI is InChI=1S/3C7H7O.Bi.2H2O/c3*1-8-7-5-3-2-4-6-7;;;/h3*3-6H,1H3;;2*1H2/q;;;+2;;/p-2. The maximum atomic E-state index is 4.89. The summed E-state index contributed by atoms with van der Waals surface area (Å²) < 4.78 is 14.7. The van der Waals surface area contributed by atoms with E-state index < -0.39 is 0 Å². The Bertz CT molecular complexity index is 584. The van der Waals surface area contributed by atoms with E-state index >= 15 is 0 Å². The number of hydrogen-bond acceptors (Lipinski definition) is 5. The van der Waals surface area contributed by atoms with E-state index in [-0.39, 0.29) is 37.2 Å². The van der Waals surface area contributed by atoms with Gasteiger partial charge >= 0.3 is 26.2 Å². The topological polar surface area (TPSA) is 87.7 Å². The van der Waals surface area contributed by atoms with E-state index in [9.17, 15) is 0 Å². The van der Waals surface area contributed by atoms with E-state index in [1.807, 2.05) is 73.9 Å². The smallest absolute Gasteiger partial charge is 0.870 e. The van der Waals surface area contributed by atoms with Crippen LogP contribution >= 0.6 is 0 Å². The zero-order valence-corrected chi connectivity index (χ0v) is 19.0. The molecule has 142 valence electrons. The molecule has 0 aromatic rings. The minimum atomic E-state index is 0. The van der Waals surface area contributed by atoms with Gasteiger partial charge in [-0.2, -0.15) is 0 Å². The summed E-state index contributed by atoms with van der Waals surface area (Å²) in [6.07, 6.45) is 22.1. The van der Waals surface area contributed by atoms with Crippen LogP contribution in [0.3, 0.4) is 0 Å². The number of methoxy groups -OCH3 is 3. The zero-order valence-electron chi connectivity index (χ0n) is 15.5. The van der Waals surface area contributed by atoms with Gasteiger partial charge in [-0.15, -0.1) is 17.2 Å². The molecule has 0 aliphatic heterocycles. The number of rotatable bonds is 3. The molecule has 3 aliphatic rings. The van der Waals surface area contributed by atoms with E-state index in [1.54, 1.807) is 21.3 Å². The van der Waals surface area contributed by atoms with Gasteiger partial charge in [0.25, 0.3) is 0 Å². The van der Waals surface area contributed by atoms with Gasteiger partial charge in [-0.25, -0.2) is 0 Å². The average molecular weight is 564 g/mol. The average Bonchev–Trinajstić information content (AvgIpc) is 2.71. The molecule has 0 unspecified atom stereocenters. The molecular weight excluding hydrogens is 541 g/mol. The van der Waals surface area contributed by atoms with E-state index in [1.165, 1.54) is 0 Å². The van der Waals surface area contributed by atoms with Gasteiger partial charge in [0.1, 0.15) is 17.3 Å². The van der Waals surface area contributed by atoms with Crippen molar-refractivity contribution in [1.29, 1.82) is 0 Å². The molecule has 0 aromatic heterocycles. The van der Waals surface area contributed by atoms with Gasteiger partial charge in [-0.3, -0.25) is 0 Å². The van der Waals surface area contributed by atoms with Crippen LogP contribution in [0.15, 0.2) is 89.2 Å². The summed E-state index contributed by atoms with van der Waals surface area (Å²) in [7, 11) is 4.94. The molecule has 0 amide bonds. The summed E-state index contributed by atoms with van der Waals surface area (Å²) in [5.74, 6) is 2.64. The van der Waals surface area contributed by atoms with Gasteiger partial charge < -0.3 is 25.2 Å². The number of hydrogen-bond donors (Lipinski definition) is 0. The Kier molecular flexibility index (Phi) is 22.4. The number of ether oxygens (including phenoxy) is 3. The molecule has 27 heavy (non-hydrogen) atoms. The van der Waals surface area contributed by atoms with Crippen molar-refractivity contribution < 1.29 is 25.2 Å². The third-order valence-corrected chi connectivity index (χ3v) is 2.77. The molecule has 0 atom stereocenters. The second-order valence-corrected chi connectivity index (χ2v) is 4.32. The van der Waals surface area contributed by atoms with Crippen LogP contribution in [0.1, 0.15) is 0 Å². The minimum Gasteiger partial charge on any atom is -0.870 e. The summed E-state index contributed by atoms with van der Waals surface area (Å²) in [4.78, 5) is 0. The maximum Gasteiger partial charge on any atom is 2.00 e. The van der Waals surface area contributed by atoms with Crippen molar-refractivity contribution in [1.82, 2.24) is 0 Å². The van der Waals surface area contributed by atoms with Crippen LogP contribution in [-0.2, 0) is 14.2 Å². The Balaban J connectivity index is -0.000000303. The summed E-state index contributed by atoms with van der Waals surface area (Å²) in [5, 5.41) is 0. The normalized spacial score (nSPS) is 14.1. The van der Waals surface area contributed by atoms with Gasteiger partial charge in [0.2, 0.25) is 0 Å². The molecule has 3 aliphatic carbocycles. The summed E-state index contributed by atoms with van der Waals surface area (Å²) >= 11 is 0. The van der Waals surface area contributed by atoms with Gasteiger partial charge in [0, 0.05) is 0 Å². The zero-order chi connectivity index (χ0) is 17.5. The SMILES string of the molecule is COC1=CC=C=C[CH]1.COC1=CC=C=C[CH]1.COC1=CC=C=C[CH]1.[Bi+2].[OH-].[OH-]. The molecule has 0 aromatic carbocycles. The van der Waals surface area contributed by atoms with E-state index in [0.717, 1.165) is 17.3 Å². The fraction of sp³-hybridized carbons (Fsp3) is 0.143. The second-order valence-electron chi connectivity index (χ2n) is 4.32. The van der Waals surface area contributed by atoms with Gasteiger partial charge in [0.15, 0.2) is 0 Å². The Morgan fingerprint density at radius 3 is 0.889 bits per heavy atom. The van der Waals surface area contributed by atoms with Crippen molar-refractivity contribution in [2.24, 2.45) is 0 Å². The third kappa shape index (κ3) is 14.8. The van der Waals surface area contributed by atoms with Crippen molar-refractivity contribution in [2.75, 3.05) is 21.3 Å². The second kappa shape index (κ2) is 20.3. The van der Waals surface area contributed by atoms with Crippen LogP contribution < -0.4 is 0 Å². The van der Waals surface area contributed by atoms with Gasteiger partial charge in [0.05, 0.1) is 40.6 Å². The van der Waals surface area contributed by atoms with Crippen LogP contribution in [0.2, 0.25) is 0 Å². The maximum absolute atomic E-state index is 4.89. The predicted octanol–water partition coefficient (Wildman–Crippen LogP) is 3.60. The molecule has 0 fully saturated rings. The van der Waals surface area contributed by atoms with Crippen LogP contribution in [0.25, 0.3) is 0 Å². The predicted molar refractivity (Wildman–Crippen MR) is 106 cm³/mol. The first kappa shape index (κ1) is 29.7. The summed E-state index contributed by atoms with van der Waals surface area (Å²) in [6, 6.07) is 0. The van der Waals surface area contributed by atoms with Crippen molar-refractivity contribution in [3.8, 4) is 0 Å². The minimum absolute atomic E-state index is 0. The van der Waals surface area contributed by atoms with Crippen LogP contribution in [0.4, 0.5) is 0 Å². The Hall–Kier alpha value is -2.02. The summed E-state index contributed by atoms with van der Waals surface area (Å²) in [6.45, 7) is 0. The van der Waals surface area contributed by atoms with Gasteiger partial charge in [-0.1, -0.05) is 0 Å². The van der Waals surface area contributed by atoms with Crippen molar-refractivity contribution in [3.63, 3.8) is 0 Å². The Labute approximate surface area is 180 Å². The van der Waals surface area contributed by atoms with E-state index in [4.69, 9.17) is 14.2 Å². The van der Waals surface area contributed by atoms with E-state index in [2.05, 4.69) is 17.2 Å². The number of allylic oxidation sites excluding steroid dienone is 6. The van der Waals surface area contributed by atoms with Crippen LogP contribution in [-0.4, -0.2) is 58.5 Å². The van der Waals surface area contributed by atoms with Gasteiger partial charge in [-0.05, 0) is 54.7 Å². The molecule has 3 rings (SSSR count). The van der Waals surface area contributed by atoms with Crippen molar-refractivity contribution in [3.05, 3.63) is 108 Å². The Morgan fingerprint density at radius 2 is 0.778 bits per heavy atom. The van der Waals surface area contributed by atoms with Crippen LogP contribution in [0, 0.1) is 19.3 Å². The molecule has 5 nitrogen and oxygen atoms in total. The third-order valence-electron chi connectivity index (χ3n) is 2.77. The first-order valence-corrected chi connectivity index (χ1v) is 7.30. The molecule has 0 saturated carbocycles. The first-order chi connectivity index (χ1) is 11.8. The Morgan fingerprint density at radius 1 is 0.519 bits per heavy atom. The van der Waals surface area contributed by atoms with Crippen molar-refractivity contribution >= 4 is 26.2 Å². The summed E-state index contributed by atoms with van der Waals surface area (Å²) in [5.41, 5.74) is 8.66. The monoisotopic (exact) mass is 564 g/mol. The molecule has 6 radical (unpaired) electrons. The molecule has 2 N–H and O–H groups in total. The molecule has 0 spiro atoms. The molecule has 6 heteroatoms. The van der Waals surface area contributed by atoms with Crippen LogP contribution in [0.5, 0.6) is 0 Å². The van der Waals surface area contributed by atoms with E-state index in [0.29, 0.717) is 0 Å². The fourth-order valence-electron chi connectivity index (χ4n) is 1.52.